The van der Waals surface area contributed by atoms with E-state index in [1.165, 1.54) is 40.7 Å². The number of nitrogens with one attached hydrogen (secondary N) is 1. The monoisotopic (exact) mass is 403 g/mol. The number of piperidine rings is 1. The molecule has 1 amide bonds. The van der Waals surface area contributed by atoms with Crippen LogP contribution in [-0.2, 0) is 10.0 Å². The minimum absolute atomic E-state index is 0.0798. The number of sulfonamides is 1. The Morgan fingerprint density at radius 3 is 2.32 bits per heavy atom. The van der Waals surface area contributed by atoms with Crippen LogP contribution in [-0.4, -0.2) is 36.6 Å². The first-order chi connectivity index (χ1) is 13.3. The average molecular weight is 403 g/mol. The summed E-state index contributed by atoms with van der Waals surface area (Å²) in [4.78, 5) is 22.9. The smallest absolute Gasteiger partial charge is 0.269 e. The van der Waals surface area contributed by atoms with Crippen molar-refractivity contribution in [3.05, 3.63) is 63.7 Å². The molecule has 1 fully saturated rings. The van der Waals surface area contributed by atoms with Crippen LogP contribution in [0.2, 0.25) is 0 Å². The Balaban J connectivity index is 1.84. The van der Waals surface area contributed by atoms with E-state index < -0.39 is 20.9 Å². The third kappa shape index (κ3) is 4.20. The van der Waals surface area contributed by atoms with Crippen molar-refractivity contribution >= 4 is 27.3 Å². The van der Waals surface area contributed by atoms with Crippen molar-refractivity contribution in [1.82, 2.24) is 4.31 Å². The van der Waals surface area contributed by atoms with Gasteiger partial charge in [-0.1, -0.05) is 12.5 Å². The lowest BCUT2D eigenvalue weighted by molar-refractivity contribution is -0.384. The number of carbonyl (C=O) groups excluding carboxylic acids is 1. The number of rotatable bonds is 5. The first-order valence-corrected chi connectivity index (χ1v) is 10.4. The van der Waals surface area contributed by atoms with Gasteiger partial charge in [0.1, 0.15) is 0 Å². The molecular weight excluding hydrogens is 382 g/mol. The second-order valence-electron chi connectivity index (χ2n) is 6.70. The Morgan fingerprint density at radius 1 is 1.07 bits per heavy atom. The van der Waals surface area contributed by atoms with Gasteiger partial charge in [-0.3, -0.25) is 14.9 Å². The maximum absolute atomic E-state index is 12.9. The number of hydrogen-bond acceptors (Lipinski definition) is 5. The molecule has 8 nitrogen and oxygen atoms in total. The maximum Gasteiger partial charge on any atom is 0.269 e. The van der Waals surface area contributed by atoms with Crippen LogP contribution in [0.1, 0.15) is 35.2 Å². The number of aryl methyl sites for hydroxylation is 1. The highest BCUT2D eigenvalue weighted by Gasteiger charge is 2.27. The first-order valence-electron chi connectivity index (χ1n) is 8.95. The van der Waals surface area contributed by atoms with Gasteiger partial charge in [-0.25, -0.2) is 8.42 Å². The van der Waals surface area contributed by atoms with Crippen molar-refractivity contribution in [2.75, 3.05) is 18.4 Å². The second-order valence-corrected chi connectivity index (χ2v) is 8.64. The molecule has 1 N–H and O–H groups in total. The van der Waals surface area contributed by atoms with E-state index in [1.807, 2.05) is 0 Å². The molecule has 0 radical (unpaired) electrons. The Kier molecular flexibility index (Phi) is 5.76. The van der Waals surface area contributed by atoms with E-state index in [4.69, 9.17) is 0 Å². The number of hydrogen-bond donors (Lipinski definition) is 1. The molecule has 0 atom stereocenters. The van der Waals surface area contributed by atoms with E-state index >= 15 is 0 Å². The fraction of sp³-hybridized carbons (Fsp3) is 0.316. The number of nitro groups is 1. The van der Waals surface area contributed by atoms with Crippen LogP contribution in [0.15, 0.2) is 47.4 Å². The topological polar surface area (TPSA) is 110 Å². The highest BCUT2D eigenvalue weighted by atomic mass is 32.2. The SMILES string of the molecule is Cc1ccc(S(=O)(=O)N2CCCCC2)cc1C(=O)Nc1ccc([N+](=O)[O-])cc1. The van der Waals surface area contributed by atoms with Crippen molar-refractivity contribution in [2.24, 2.45) is 0 Å². The largest absolute Gasteiger partial charge is 0.322 e. The summed E-state index contributed by atoms with van der Waals surface area (Å²) >= 11 is 0. The normalized spacial score (nSPS) is 15.2. The van der Waals surface area contributed by atoms with Crippen LogP contribution in [0, 0.1) is 17.0 Å². The van der Waals surface area contributed by atoms with Gasteiger partial charge in [-0.15, -0.1) is 0 Å². The standard InChI is InChI=1S/C19H21N3O5S/c1-14-5-10-17(28(26,27)21-11-3-2-4-12-21)13-18(14)19(23)20-15-6-8-16(9-7-15)22(24)25/h5-10,13H,2-4,11-12H2,1H3,(H,20,23). The summed E-state index contributed by atoms with van der Waals surface area (Å²) < 4.78 is 27.2. The van der Waals surface area contributed by atoms with Crippen LogP contribution in [0.25, 0.3) is 0 Å². The zero-order valence-corrected chi connectivity index (χ0v) is 16.2. The molecule has 1 aliphatic rings. The fourth-order valence-electron chi connectivity index (χ4n) is 3.13. The Labute approximate surface area is 163 Å². The van der Waals surface area contributed by atoms with Crippen molar-refractivity contribution in [1.29, 1.82) is 0 Å². The minimum atomic E-state index is -3.64. The summed E-state index contributed by atoms with van der Waals surface area (Å²) in [5.74, 6) is -0.470. The van der Waals surface area contributed by atoms with Crippen molar-refractivity contribution in [2.45, 2.75) is 31.1 Å². The lowest BCUT2D eigenvalue weighted by Crippen LogP contribution is -2.35. The number of benzene rings is 2. The zero-order chi connectivity index (χ0) is 20.3. The summed E-state index contributed by atoms with van der Waals surface area (Å²) in [7, 11) is -3.64. The molecule has 148 valence electrons. The van der Waals surface area contributed by atoms with Crippen LogP contribution >= 0.6 is 0 Å². The highest BCUT2D eigenvalue weighted by molar-refractivity contribution is 7.89. The molecule has 3 rings (SSSR count). The van der Waals surface area contributed by atoms with E-state index in [0.29, 0.717) is 24.3 Å². The van der Waals surface area contributed by atoms with E-state index in [2.05, 4.69) is 5.32 Å². The third-order valence-corrected chi connectivity index (χ3v) is 6.64. The molecular formula is C19H21N3O5S. The Bertz CT molecular complexity index is 997. The molecule has 0 aromatic heterocycles. The highest BCUT2D eigenvalue weighted by Crippen LogP contribution is 2.24. The lowest BCUT2D eigenvalue weighted by atomic mass is 10.1. The number of amides is 1. The van der Waals surface area contributed by atoms with Gasteiger partial charge >= 0.3 is 0 Å². The Hall–Kier alpha value is -2.78. The lowest BCUT2D eigenvalue weighted by Gasteiger charge is -2.26. The van der Waals surface area contributed by atoms with E-state index in [1.54, 1.807) is 13.0 Å². The Morgan fingerprint density at radius 2 is 1.71 bits per heavy atom. The number of nitrogens with zero attached hydrogens (tertiary/aromatic N) is 2. The summed E-state index contributed by atoms with van der Waals surface area (Å²) in [5, 5.41) is 13.4. The quantitative estimate of drug-likeness (QED) is 0.608. The number of non-ortho nitro benzene ring substituents is 1. The number of nitro benzene ring substituents is 1. The van der Waals surface area contributed by atoms with Gasteiger partial charge in [-0.05, 0) is 49.6 Å². The van der Waals surface area contributed by atoms with Gasteiger partial charge in [0.25, 0.3) is 11.6 Å². The maximum atomic E-state index is 12.9. The van der Waals surface area contributed by atoms with Crippen molar-refractivity contribution in [3.8, 4) is 0 Å². The van der Waals surface area contributed by atoms with Crippen molar-refractivity contribution < 1.29 is 18.1 Å². The molecule has 2 aromatic carbocycles. The predicted octanol–water partition coefficient (Wildman–Crippen LogP) is 3.33. The van der Waals surface area contributed by atoms with Crippen LogP contribution in [0.4, 0.5) is 11.4 Å². The van der Waals surface area contributed by atoms with Gasteiger partial charge in [0, 0.05) is 36.5 Å². The van der Waals surface area contributed by atoms with Gasteiger partial charge < -0.3 is 5.32 Å². The van der Waals surface area contributed by atoms with E-state index in [9.17, 15) is 23.3 Å². The molecule has 0 bridgehead atoms. The predicted molar refractivity (Wildman–Crippen MR) is 105 cm³/mol. The van der Waals surface area contributed by atoms with Crippen molar-refractivity contribution in [3.63, 3.8) is 0 Å². The van der Waals surface area contributed by atoms with Crippen LogP contribution < -0.4 is 5.32 Å². The summed E-state index contributed by atoms with van der Waals surface area (Å²) in [6, 6.07) is 9.96. The van der Waals surface area contributed by atoms with Crippen LogP contribution in [0.3, 0.4) is 0 Å². The first kappa shape index (κ1) is 20.0. The molecule has 0 unspecified atom stereocenters. The van der Waals surface area contributed by atoms with Gasteiger partial charge in [0.2, 0.25) is 10.0 Å². The zero-order valence-electron chi connectivity index (χ0n) is 15.4. The molecule has 0 aliphatic carbocycles. The second kappa shape index (κ2) is 8.07. The van der Waals surface area contributed by atoms with E-state index in [0.717, 1.165) is 19.3 Å². The fourth-order valence-corrected chi connectivity index (χ4v) is 4.67. The van der Waals surface area contributed by atoms with Crippen LogP contribution in [0.5, 0.6) is 0 Å². The summed E-state index contributed by atoms with van der Waals surface area (Å²) in [5.41, 5.74) is 1.19. The molecule has 28 heavy (non-hydrogen) atoms. The van der Waals surface area contributed by atoms with Gasteiger partial charge in [0.15, 0.2) is 0 Å². The molecule has 0 spiro atoms. The number of carbonyl (C=O) groups is 1. The molecule has 2 aromatic rings. The molecule has 9 heteroatoms. The molecule has 0 saturated carbocycles. The number of anilines is 1. The molecule has 1 heterocycles. The van der Waals surface area contributed by atoms with E-state index in [-0.39, 0.29) is 16.1 Å². The third-order valence-electron chi connectivity index (χ3n) is 4.74. The van der Waals surface area contributed by atoms with Gasteiger partial charge in [-0.2, -0.15) is 4.31 Å². The molecule has 1 aliphatic heterocycles. The minimum Gasteiger partial charge on any atom is -0.322 e. The average Bonchev–Trinajstić information content (AvgIpc) is 2.69. The summed E-state index contributed by atoms with van der Waals surface area (Å²) in [6.07, 6.45) is 2.68. The van der Waals surface area contributed by atoms with Gasteiger partial charge in [0.05, 0.1) is 9.82 Å². The summed E-state index contributed by atoms with van der Waals surface area (Å²) in [6.45, 7) is 2.70. The molecule has 1 saturated heterocycles.